The largest absolute Gasteiger partial charge is 0.376 e. The third kappa shape index (κ3) is 3.94. The number of benzene rings is 2. The van der Waals surface area contributed by atoms with E-state index in [4.69, 9.17) is 29.6 Å². The van der Waals surface area contributed by atoms with Crippen LogP contribution >= 0.6 is 23.8 Å². The van der Waals surface area contributed by atoms with Gasteiger partial charge in [0, 0.05) is 17.3 Å². The van der Waals surface area contributed by atoms with Gasteiger partial charge in [-0.05, 0) is 48.5 Å². The van der Waals surface area contributed by atoms with Crippen LogP contribution in [0.4, 0.5) is 5.69 Å². The Labute approximate surface area is 123 Å². The second-order valence-corrected chi connectivity index (χ2v) is 5.06. The van der Waals surface area contributed by atoms with Crippen LogP contribution < -0.4 is 10.6 Å². The fourth-order valence-electron chi connectivity index (χ4n) is 1.87. The van der Waals surface area contributed by atoms with Crippen LogP contribution in [0.25, 0.3) is 0 Å². The minimum absolute atomic E-state index is 0.373. The normalized spacial score (nSPS) is 10.2. The van der Waals surface area contributed by atoms with Crippen molar-refractivity contribution in [2.45, 2.75) is 6.42 Å². The molecule has 2 rings (SSSR count). The summed E-state index contributed by atoms with van der Waals surface area (Å²) in [7, 11) is 0. The van der Waals surface area contributed by atoms with E-state index in [1.165, 1.54) is 5.56 Å². The van der Waals surface area contributed by atoms with E-state index in [1.807, 2.05) is 47.4 Å². The second-order valence-electron chi connectivity index (χ2n) is 4.20. The molecule has 0 unspecified atom stereocenters. The molecule has 0 amide bonds. The highest BCUT2D eigenvalue weighted by Gasteiger charge is 2.09. The molecule has 0 saturated heterocycles. The minimum atomic E-state index is 0.373. The molecular weight excluding hydrogens is 276 g/mol. The molecule has 0 aliphatic heterocycles. The molecule has 0 aliphatic rings. The number of nitrogens with zero attached hydrogens (tertiary/aromatic N) is 1. The molecule has 0 atom stereocenters. The van der Waals surface area contributed by atoms with Crippen molar-refractivity contribution in [3.05, 3.63) is 65.2 Å². The Morgan fingerprint density at radius 3 is 2.26 bits per heavy atom. The number of rotatable bonds is 4. The monoisotopic (exact) mass is 290 g/mol. The first kappa shape index (κ1) is 13.8. The van der Waals surface area contributed by atoms with Crippen molar-refractivity contribution in [3.8, 4) is 0 Å². The number of hydrogen-bond acceptors (Lipinski definition) is 1. The molecule has 2 aromatic rings. The Hall–Kier alpha value is -1.58. The number of hydrogen-bond donors (Lipinski definition) is 1. The molecule has 0 aromatic heterocycles. The molecule has 0 spiro atoms. The van der Waals surface area contributed by atoms with E-state index in [9.17, 15) is 0 Å². The van der Waals surface area contributed by atoms with E-state index in [0.29, 0.717) is 10.1 Å². The summed E-state index contributed by atoms with van der Waals surface area (Å²) in [5.41, 5.74) is 8.02. The average Bonchev–Trinajstić information content (AvgIpc) is 2.42. The Kier molecular flexibility index (Phi) is 4.77. The maximum Gasteiger partial charge on any atom is 0.170 e. The van der Waals surface area contributed by atoms with Crippen LogP contribution in [0.1, 0.15) is 5.56 Å². The highest BCUT2D eigenvalue weighted by Crippen LogP contribution is 2.18. The van der Waals surface area contributed by atoms with E-state index in [-0.39, 0.29) is 0 Å². The SMILES string of the molecule is NC(=S)N(CCc1ccccc1)c1ccc(Cl)cc1. The summed E-state index contributed by atoms with van der Waals surface area (Å²) in [6.07, 6.45) is 0.890. The summed E-state index contributed by atoms with van der Waals surface area (Å²) in [5.74, 6) is 0. The molecule has 98 valence electrons. The molecule has 2 aromatic carbocycles. The summed E-state index contributed by atoms with van der Waals surface area (Å²) < 4.78 is 0. The molecule has 19 heavy (non-hydrogen) atoms. The lowest BCUT2D eigenvalue weighted by Gasteiger charge is -2.23. The average molecular weight is 291 g/mol. The minimum Gasteiger partial charge on any atom is -0.376 e. The molecule has 0 aliphatic carbocycles. The van der Waals surface area contributed by atoms with E-state index < -0.39 is 0 Å². The highest BCUT2D eigenvalue weighted by atomic mass is 35.5. The van der Waals surface area contributed by atoms with Gasteiger partial charge in [0.1, 0.15) is 0 Å². The van der Waals surface area contributed by atoms with Crippen LogP contribution in [0.5, 0.6) is 0 Å². The number of nitrogens with two attached hydrogens (primary N) is 1. The fourth-order valence-corrected chi connectivity index (χ4v) is 2.20. The van der Waals surface area contributed by atoms with Gasteiger partial charge in [0.15, 0.2) is 5.11 Å². The van der Waals surface area contributed by atoms with Gasteiger partial charge in [0.2, 0.25) is 0 Å². The third-order valence-electron chi connectivity index (χ3n) is 2.87. The van der Waals surface area contributed by atoms with Crippen molar-refractivity contribution < 1.29 is 0 Å². The molecule has 2 nitrogen and oxygen atoms in total. The van der Waals surface area contributed by atoms with Crippen molar-refractivity contribution in [1.82, 2.24) is 0 Å². The zero-order valence-electron chi connectivity index (χ0n) is 10.4. The van der Waals surface area contributed by atoms with Gasteiger partial charge in [-0.15, -0.1) is 0 Å². The standard InChI is InChI=1S/C15H15ClN2S/c16-13-6-8-14(9-7-13)18(15(17)19)11-10-12-4-2-1-3-5-12/h1-9H,10-11H2,(H2,17,19). The van der Waals surface area contributed by atoms with Crippen LogP contribution in [0.15, 0.2) is 54.6 Å². The smallest absolute Gasteiger partial charge is 0.170 e. The van der Waals surface area contributed by atoms with Crippen LogP contribution in [0.3, 0.4) is 0 Å². The van der Waals surface area contributed by atoms with Crippen molar-refractivity contribution in [2.75, 3.05) is 11.4 Å². The lowest BCUT2D eigenvalue weighted by atomic mass is 10.1. The number of thiocarbonyl (C=S) groups is 1. The zero-order valence-corrected chi connectivity index (χ0v) is 12.0. The summed E-state index contributed by atoms with van der Waals surface area (Å²) in [5, 5.41) is 1.08. The van der Waals surface area contributed by atoms with Crippen molar-refractivity contribution in [1.29, 1.82) is 0 Å². The molecule has 0 saturated carbocycles. The van der Waals surface area contributed by atoms with Gasteiger partial charge in [-0.1, -0.05) is 41.9 Å². The van der Waals surface area contributed by atoms with E-state index in [2.05, 4.69) is 12.1 Å². The predicted octanol–water partition coefficient (Wildman–Crippen LogP) is 3.63. The van der Waals surface area contributed by atoms with Crippen molar-refractivity contribution in [3.63, 3.8) is 0 Å². The van der Waals surface area contributed by atoms with Crippen LogP contribution in [0.2, 0.25) is 5.02 Å². The maximum atomic E-state index is 5.89. The fraction of sp³-hybridized carbons (Fsp3) is 0.133. The zero-order chi connectivity index (χ0) is 13.7. The van der Waals surface area contributed by atoms with Gasteiger partial charge in [0.25, 0.3) is 0 Å². The van der Waals surface area contributed by atoms with Crippen LogP contribution in [-0.2, 0) is 6.42 Å². The first-order chi connectivity index (χ1) is 9.16. The lowest BCUT2D eigenvalue weighted by molar-refractivity contribution is 0.935. The first-order valence-corrected chi connectivity index (χ1v) is 6.82. The molecule has 4 heteroatoms. The highest BCUT2D eigenvalue weighted by molar-refractivity contribution is 7.80. The third-order valence-corrected chi connectivity index (χ3v) is 3.34. The molecule has 0 fully saturated rings. The first-order valence-electron chi connectivity index (χ1n) is 6.03. The summed E-state index contributed by atoms with van der Waals surface area (Å²) in [4.78, 5) is 1.92. The van der Waals surface area contributed by atoms with Gasteiger partial charge in [-0.25, -0.2) is 0 Å². The van der Waals surface area contributed by atoms with E-state index >= 15 is 0 Å². The van der Waals surface area contributed by atoms with Crippen molar-refractivity contribution >= 4 is 34.6 Å². The molecule has 0 bridgehead atoms. The van der Waals surface area contributed by atoms with E-state index in [1.54, 1.807) is 0 Å². The molecule has 0 radical (unpaired) electrons. The Morgan fingerprint density at radius 2 is 1.68 bits per heavy atom. The predicted molar refractivity (Wildman–Crippen MR) is 85.7 cm³/mol. The second kappa shape index (κ2) is 6.55. The lowest BCUT2D eigenvalue weighted by Crippen LogP contribution is -2.37. The topological polar surface area (TPSA) is 29.3 Å². The van der Waals surface area contributed by atoms with Crippen LogP contribution in [0, 0.1) is 0 Å². The molecular formula is C15H15ClN2S. The Balaban J connectivity index is 2.09. The van der Waals surface area contributed by atoms with Gasteiger partial charge in [-0.2, -0.15) is 0 Å². The van der Waals surface area contributed by atoms with Gasteiger partial charge < -0.3 is 10.6 Å². The van der Waals surface area contributed by atoms with Crippen molar-refractivity contribution in [2.24, 2.45) is 5.73 Å². The summed E-state index contributed by atoms with van der Waals surface area (Å²) in [6, 6.07) is 17.8. The summed E-state index contributed by atoms with van der Waals surface area (Å²) in [6.45, 7) is 0.751. The number of halogens is 1. The Bertz CT molecular complexity index is 540. The molecule has 0 heterocycles. The van der Waals surface area contributed by atoms with Gasteiger partial charge in [0.05, 0.1) is 0 Å². The quantitative estimate of drug-likeness (QED) is 0.872. The number of anilines is 1. The maximum absolute atomic E-state index is 5.89. The van der Waals surface area contributed by atoms with E-state index in [0.717, 1.165) is 18.7 Å². The van der Waals surface area contributed by atoms with Gasteiger partial charge >= 0.3 is 0 Å². The van der Waals surface area contributed by atoms with Gasteiger partial charge in [-0.3, -0.25) is 0 Å². The summed E-state index contributed by atoms with van der Waals surface area (Å²) >= 11 is 11.0. The molecule has 2 N–H and O–H groups in total. The Morgan fingerprint density at radius 1 is 1.05 bits per heavy atom. The van der Waals surface area contributed by atoms with Crippen LogP contribution in [-0.4, -0.2) is 11.7 Å².